The molecule has 19 heavy (non-hydrogen) atoms. The molecule has 0 N–H and O–H groups in total. The van der Waals surface area contributed by atoms with Crippen molar-refractivity contribution in [3.05, 3.63) is 30.3 Å². The SMILES string of the molecule is C[C@H](CS)N(C)S(=O)(=O)CCCSc1ccccc1. The van der Waals surface area contributed by atoms with E-state index in [-0.39, 0.29) is 11.8 Å². The van der Waals surface area contributed by atoms with E-state index in [4.69, 9.17) is 0 Å². The lowest BCUT2D eigenvalue weighted by Crippen LogP contribution is -2.37. The fourth-order valence-electron chi connectivity index (χ4n) is 1.48. The zero-order chi connectivity index (χ0) is 14.3. The minimum Gasteiger partial charge on any atom is -0.212 e. The molecule has 1 rings (SSSR count). The van der Waals surface area contributed by atoms with Crippen molar-refractivity contribution >= 4 is 34.4 Å². The highest BCUT2D eigenvalue weighted by atomic mass is 32.2. The van der Waals surface area contributed by atoms with Gasteiger partial charge in [0, 0.05) is 23.7 Å². The van der Waals surface area contributed by atoms with E-state index in [0.29, 0.717) is 12.2 Å². The molecule has 0 radical (unpaired) electrons. The molecule has 6 heteroatoms. The number of hydrogen-bond donors (Lipinski definition) is 1. The summed E-state index contributed by atoms with van der Waals surface area (Å²) in [5, 5.41) is 0. The molecule has 0 aliphatic rings. The zero-order valence-electron chi connectivity index (χ0n) is 11.3. The van der Waals surface area contributed by atoms with Crippen molar-refractivity contribution in [3.8, 4) is 0 Å². The van der Waals surface area contributed by atoms with Gasteiger partial charge in [-0.05, 0) is 31.2 Å². The summed E-state index contributed by atoms with van der Waals surface area (Å²) in [4.78, 5) is 1.18. The van der Waals surface area contributed by atoms with Gasteiger partial charge >= 0.3 is 0 Å². The number of nitrogens with zero attached hydrogens (tertiary/aromatic N) is 1. The molecule has 0 saturated carbocycles. The fraction of sp³-hybridized carbons (Fsp3) is 0.538. The monoisotopic (exact) mass is 319 g/mol. The van der Waals surface area contributed by atoms with Crippen LogP contribution in [0, 0.1) is 0 Å². The second kappa shape index (κ2) is 8.19. The predicted octanol–water partition coefficient (Wildman–Crippen LogP) is 2.75. The summed E-state index contributed by atoms with van der Waals surface area (Å²) in [6.45, 7) is 1.86. The molecular formula is C13H21NO2S3. The summed E-state index contributed by atoms with van der Waals surface area (Å²) < 4.78 is 25.5. The Labute approximate surface area is 126 Å². The molecule has 0 aliphatic carbocycles. The van der Waals surface area contributed by atoms with Crippen LogP contribution in [0.4, 0.5) is 0 Å². The summed E-state index contributed by atoms with van der Waals surface area (Å²) in [5.74, 6) is 1.54. The van der Waals surface area contributed by atoms with Gasteiger partial charge in [0.15, 0.2) is 0 Å². The topological polar surface area (TPSA) is 37.4 Å². The molecule has 0 unspecified atom stereocenters. The van der Waals surface area contributed by atoms with Crippen molar-refractivity contribution < 1.29 is 8.42 Å². The molecule has 0 spiro atoms. The summed E-state index contributed by atoms with van der Waals surface area (Å²) in [7, 11) is -1.53. The standard InChI is InChI=1S/C13H21NO2S3/c1-12(11-17)14(2)19(15,16)10-6-9-18-13-7-4-3-5-8-13/h3-5,7-8,12,17H,6,9-11H2,1-2H3/t12-/m1/s1. The van der Waals surface area contributed by atoms with Crippen LogP contribution >= 0.6 is 24.4 Å². The van der Waals surface area contributed by atoms with Crippen molar-refractivity contribution in [2.45, 2.75) is 24.3 Å². The average molecular weight is 320 g/mol. The summed E-state index contributed by atoms with van der Waals surface area (Å²) >= 11 is 5.82. The third-order valence-corrected chi connectivity index (χ3v) is 6.55. The molecule has 0 saturated heterocycles. The molecular weight excluding hydrogens is 298 g/mol. The molecule has 1 aromatic carbocycles. The van der Waals surface area contributed by atoms with E-state index in [0.717, 1.165) is 5.75 Å². The Kier molecular flexibility index (Phi) is 7.28. The maximum atomic E-state index is 12.0. The first kappa shape index (κ1) is 16.9. The second-order valence-electron chi connectivity index (χ2n) is 4.38. The average Bonchev–Trinajstić information content (AvgIpc) is 2.43. The van der Waals surface area contributed by atoms with Gasteiger partial charge in [-0.25, -0.2) is 12.7 Å². The molecule has 0 amide bonds. The normalized spacial score (nSPS) is 13.7. The molecule has 3 nitrogen and oxygen atoms in total. The van der Waals surface area contributed by atoms with Crippen LogP contribution in [0.25, 0.3) is 0 Å². The molecule has 0 bridgehead atoms. The van der Waals surface area contributed by atoms with E-state index in [1.165, 1.54) is 9.20 Å². The van der Waals surface area contributed by atoms with E-state index < -0.39 is 10.0 Å². The molecule has 0 heterocycles. The highest BCUT2D eigenvalue weighted by Crippen LogP contribution is 2.18. The lowest BCUT2D eigenvalue weighted by Gasteiger charge is -2.22. The predicted molar refractivity (Wildman–Crippen MR) is 86.6 cm³/mol. The van der Waals surface area contributed by atoms with Gasteiger partial charge in [-0.15, -0.1) is 11.8 Å². The minimum absolute atomic E-state index is 0.0601. The first-order valence-corrected chi connectivity index (χ1v) is 9.44. The fourth-order valence-corrected chi connectivity index (χ4v) is 4.31. The summed E-state index contributed by atoms with van der Waals surface area (Å²) in [6, 6.07) is 9.96. The second-order valence-corrected chi connectivity index (χ2v) is 8.06. The van der Waals surface area contributed by atoms with Crippen LogP contribution in [-0.4, -0.2) is 43.1 Å². The van der Waals surface area contributed by atoms with Crippen LogP contribution in [0.3, 0.4) is 0 Å². The number of benzene rings is 1. The Bertz CT molecular complexity index is 462. The van der Waals surface area contributed by atoms with Crippen LogP contribution in [0.2, 0.25) is 0 Å². The van der Waals surface area contributed by atoms with Gasteiger partial charge in [0.2, 0.25) is 10.0 Å². The Morgan fingerprint density at radius 2 is 1.95 bits per heavy atom. The van der Waals surface area contributed by atoms with Gasteiger partial charge < -0.3 is 0 Å². The van der Waals surface area contributed by atoms with E-state index in [2.05, 4.69) is 12.6 Å². The first-order valence-electron chi connectivity index (χ1n) is 6.22. The lowest BCUT2D eigenvalue weighted by molar-refractivity contribution is 0.415. The Hall–Kier alpha value is -0.170. The lowest BCUT2D eigenvalue weighted by atomic mass is 10.4. The van der Waals surface area contributed by atoms with Crippen LogP contribution in [0.5, 0.6) is 0 Å². The smallest absolute Gasteiger partial charge is 0.212 e. The van der Waals surface area contributed by atoms with Crippen molar-refractivity contribution in [1.82, 2.24) is 4.31 Å². The molecule has 108 valence electrons. The maximum absolute atomic E-state index is 12.0. The number of hydrogen-bond acceptors (Lipinski definition) is 4. The number of thioether (sulfide) groups is 1. The Morgan fingerprint density at radius 3 is 2.53 bits per heavy atom. The highest BCUT2D eigenvalue weighted by Gasteiger charge is 2.21. The Morgan fingerprint density at radius 1 is 1.32 bits per heavy atom. The van der Waals surface area contributed by atoms with Crippen molar-refractivity contribution in [2.75, 3.05) is 24.3 Å². The van der Waals surface area contributed by atoms with Gasteiger partial charge in [-0.1, -0.05) is 18.2 Å². The van der Waals surface area contributed by atoms with E-state index in [9.17, 15) is 8.42 Å². The van der Waals surface area contributed by atoms with Crippen LogP contribution in [0.1, 0.15) is 13.3 Å². The zero-order valence-corrected chi connectivity index (χ0v) is 13.8. The van der Waals surface area contributed by atoms with Gasteiger partial charge in [0.1, 0.15) is 0 Å². The van der Waals surface area contributed by atoms with Crippen molar-refractivity contribution in [1.29, 1.82) is 0 Å². The van der Waals surface area contributed by atoms with Gasteiger partial charge in [-0.2, -0.15) is 12.6 Å². The van der Waals surface area contributed by atoms with Crippen LogP contribution < -0.4 is 0 Å². The number of rotatable bonds is 8. The molecule has 0 fully saturated rings. The third kappa shape index (κ3) is 5.77. The quantitative estimate of drug-likeness (QED) is 0.455. The van der Waals surface area contributed by atoms with E-state index >= 15 is 0 Å². The molecule has 1 aromatic rings. The minimum atomic E-state index is -3.15. The molecule has 0 aromatic heterocycles. The van der Waals surface area contributed by atoms with Crippen LogP contribution in [-0.2, 0) is 10.0 Å². The van der Waals surface area contributed by atoms with Crippen LogP contribution in [0.15, 0.2) is 35.2 Å². The summed E-state index contributed by atoms with van der Waals surface area (Å²) in [6.07, 6.45) is 0.658. The van der Waals surface area contributed by atoms with Gasteiger partial charge in [0.05, 0.1) is 5.75 Å². The van der Waals surface area contributed by atoms with Crippen molar-refractivity contribution in [3.63, 3.8) is 0 Å². The number of thiol groups is 1. The summed E-state index contributed by atoms with van der Waals surface area (Å²) in [5.41, 5.74) is 0. The van der Waals surface area contributed by atoms with E-state index in [1.54, 1.807) is 18.8 Å². The van der Waals surface area contributed by atoms with E-state index in [1.807, 2.05) is 37.3 Å². The number of sulfonamides is 1. The molecule has 1 atom stereocenters. The van der Waals surface area contributed by atoms with Gasteiger partial charge in [0.25, 0.3) is 0 Å². The highest BCUT2D eigenvalue weighted by molar-refractivity contribution is 7.99. The maximum Gasteiger partial charge on any atom is 0.214 e. The first-order chi connectivity index (χ1) is 8.97. The Balaban J connectivity index is 2.36. The van der Waals surface area contributed by atoms with Gasteiger partial charge in [-0.3, -0.25) is 0 Å². The third-order valence-electron chi connectivity index (χ3n) is 2.88. The van der Waals surface area contributed by atoms with Crippen molar-refractivity contribution in [2.24, 2.45) is 0 Å². The largest absolute Gasteiger partial charge is 0.214 e. The molecule has 0 aliphatic heterocycles.